The van der Waals surface area contributed by atoms with Crippen LogP contribution in [0.4, 0.5) is 13.2 Å². The van der Waals surface area contributed by atoms with Crippen molar-refractivity contribution in [2.75, 3.05) is 26.2 Å². The number of alkyl halides is 3. The Bertz CT molecular complexity index is 298. The Morgan fingerprint density at radius 2 is 2.05 bits per heavy atom. The smallest absolute Gasteiger partial charge is 0.330 e. The van der Waals surface area contributed by atoms with Crippen LogP contribution >= 0.6 is 0 Å². The fourth-order valence-electron chi connectivity index (χ4n) is 2.54. The normalized spacial score (nSPS) is 19.6. The first-order chi connectivity index (χ1) is 8.82. The molecule has 0 aliphatic carbocycles. The Morgan fingerprint density at radius 3 is 2.47 bits per heavy atom. The van der Waals surface area contributed by atoms with Gasteiger partial charge in [0.25, 0.3) is 0 Å². The van der Waals surface area contributed by atoms with E-state index in [0.29, 0.717) is 31.5 Å². The molecule has 0 saturated carbocycles. The minimum absolute atomic E-state index is 0.112. The van der Waals surface area contributed by atoms with E-state index < -0.39 is 6.18 Å². The molecule has 19 heavy (non-hydrogen) atoms. The van der Waals surface area contributed by atoms with Gasteiger partial charge < -0.3 is 5.73 Å². The van der Waals surface area contributed by atoms with Crippen LogP contribution in [0, 0.1) is 11.8 Å². The van der Waals surface area contributed by atoms with Gasteiger partial charge in [0.1, 0.15) is 0 Å². The van der Waals surface area contributed by atoms with Crippen molar-refractivity contribution < 1.29 is 13.2 Å². The van der Waals surface area contributed by atoms with E-state index in [1.165, 1.54) is 6.08 Å². The molecule has 1 heterocycles. The third kappa shape index (κ3) is 5.95. The van der Waals surface area contributed by atoms with Crippen molar-refractivity contribution in [3.8, 4) is 0 Å². The topological polar surface area (TPSA) is 29.3 Å². The summed E-state index contributed by atoms with van der Waals surface area (Å²) in [6, 6.07) is 0. The maximum absolute atomic E-state index is 12.5. The fourth-order valence-corrected chi connectivity index (χ4v) is 2.54. The molecule has 0 saturated heterocycles. The molecule has 1 atom stereocenters. The predicted molar refractivity (Wildman–Crippen MR) is 71.8 cm³/mol. The molecule has 5 heteroatoms. The zero-order chi connectivity index (χ0) is 14.5. The van der Waals surface area contributed by atoms with Crippen LogP contribution in [0.5, 0.6) is 0 Å². The van der Waals surface area contributed by atoms with Crippen LogP contribution in [0.15, 0.2) is 11.6 Å². The minimum Gasteiger partial charge on any atom is -0.330 e. The third-order valence-corrected chi connectivity index (χ3v) is 3.65. The van der Waals surface area contributed by atoms with Gasteiger partial charge >= 0.3 is 6.18 Å². The first kappa shape index (κ1) is 16.5. The highest BCUT2D eigenvalue weighted by Gasteiger charge is 2.34. The Balaban J connectivity index is 2.35. The minimum atomic E-state index is -4.15. The highest BCUT2D eigenvalue weighted by atomic mass is 19.4. The summed E-state index contributed by atoms with van der Waals surface area (Å²) < 4.78 is 37.4. The van der Waals surface area contributed by atoms with Gasteiger partial charge in [0.2, 0.25) is 0 Å². The summed E-state index contributed by atoms with van der Waals surface area (Å²) in [5.41, 5.74) is 5.36. The maximum Gasteiger partial charge on any atom is 0.412 e. The van der Waals surface area contributed by atoms with Crippen LogP contribution in [0.3, 0.4) is 0 Å². The summed E-state index contributed by atoms with van der Waals surface area (Å²) in [6.45, 7) is 6.76. The Labute approximate surface area is 113 Å². The lowest BCUT2D eigenvalue weighted by Crippen LogP contribution is -2.34. The molecule has 0 aromatic heterocycles. The fraction of sp³-hybridized carbons (Fsp3) is 0.857. The lowest BCUT2D eigenvalue weighted by atomic mass is 9.94. The molecule has 0 amide bonds. The molecule has 1 aliphatic rings. The maximum atomic E-state index is 12.5. The molecule has 112 valence electrons. The number of nitrogens with zero attached hydrogens (tertiary/aromatic N) is 1. The molecule has 0 aromatic carbocycles. The summed E-state index contributed by atoms with van der Waals surface area (Å²) in [5, 5.41) is 0. The molecule has 2 N–H and O–H groups in total. The van der Waals surface area contributed by atoms with Crippen LogP contribution in [-0.4, -0.2) is 37.3 Å². The number of hydrogen-bond acceptors (Lipinski definition) is 2. The summed E-state index contributed by atoms with van der Waals surface area (Å²) in [4.78, 5) is 2.08. The van der Waals surface area contributed by atoms with E-state index >= 15 is 0 Å². The van der Waals surface area contributed by atoms with Crippen molar-refractivity contribution >= 4 is 0 Å². The SMILES string of the molecule is CC(C)CC(CN)CCN1CC=C(C(F)(F)F)CC1. The van der Waals surface area contributed by atoms with Crippen LogP contribution in [0.1, 0.15) is 33.1 Å². The van der Waals surface area contributed by atoms with E-state index in [1.807, 2.05) is 0 Å². The van der Waals surface area contributed by atoms with Gasteiger partial charge in [0.05, 0.1) is 0 Å². The van der Waals surface area contributed by atoms with Gasteiger partial charge in [-0.3, -0.25) is 4.90 Å². The van der Waals surface area contributed by atoms with Crippen LogP contribution in [-0.2, 0) is 0 Å². The summed E-state index contributed by atoms with van der Waals surface area (Å²) in [6.07, 6.45) is -0.647. The molecule has 0 bridgehead atoms. The van der Waals surface area contributed by atoms with Gasteiger partial charge in [-0.15, -0.1) is 0 Å². The average molecular weight is 278 g/mol. The second-order valence-corrected chi connectivity index (χ2v) is 5.80. The van der Waals surface area contributed by atoms with Crippen molar-refractivity contribution in [1.29, 1.82) is 0 Å². The van der Waals surface area contributed by atoms with Crippen LogP contribution in [0.25, 0.3) is 0 Å². The Kier molecular flexibility index (Phi) is 6.33. The van der Waals surface area contributed by atoms with Gasteiger partial charge in [-0.1, -0.05) is 19.9 Å². The lowest BCUT2D eigenvalue weighted by Gasteiger charge is -2.28. The molecule has 0 fully saturated rings. The first-order valence-corrected chi connectivity index (χ1v) is 7.01. The quantitative estimate of drug-likeness (QED) is 0.756. The lowest BCUT2D eigenvalue weighted by molar-refractivity contribution is -0.0960. The molecule has 0 radical (unpaired) electrons. The largest absolute Gasteiger partial charge is 0.412 e. The van der Waals surface area contributed by atoms with Gasteiger partial charge in [-0.2, -0.15) is 13.2 Å². The highest BCUT2D eigenvalue weighted by molar-refractivity contribution is 5.12. The van der Waals surface area contributed by atoms with E-state index in [4.69, 9.17) is 5.73 Å². The van der Waals surface area contributed by atoms with E-state index in [0.717, 1.165) is 19.4 Å². The Morgan fingerprint density at radius 1 is 1.37 bits per heavy atom. The predicted octanol–water partition coefficient (Wildman–Crippen LogP) is 3.19. The van der Waals surface area contributed by atoms with Crippen molar-refractivity contribution in [2.24, 2.45) is 17.6 Å². The van der Waals surface area contributed by atoms with Crippen molar-refractivity contribution in [3.63, 3.8) is 0 Å². The molecule has 1 aliphatic heterocycles. The standard InChI is InChI=1S/C14H25F3N2/c1-11(2)9-12(10-18)3-6-19-7-4-13(5-8-19)14(15,16)17/h4,11-12H,3,5-10,18H2,1-2H3. The molecular formula is C14H25F3N2. The zero-order valence-electron chi connectivity index (χ0n) is 11.8. The summed E-state index contributed by atoms with van der Waals surface area (Å²) in [5.74, 6) is 1.10. The molecule has 0 spiro atoms. The first-order valence-electron chi connectivity index (χ1n) is 7.01. The Hall–Kier alpha value is -0.550. The second-order valence-electron chi connectivity index (χ2n) is 5.80. The molecular weight excluding hydrogens is 253 g/mol. The highest BCUT2D eigenvalue weighted by Crippen LogP contribution is 2.30. The van der Waals surface area contributed by atoms with E-state index in [2.05, 4.69) is 18.7 Å². The van der Waals surface area contributed by atoms with Crippen molar-refractivity contribution in [2.45, 2.75) is 39.3 Å². The number of nitrogens with two attached hydrogens (primary N) is 1. The van der Waals surface area contributed by atoms with Crippen LogP contribution in [0.2, 0.25) is 0 Å². The monoisotopic (exact) mass is 278 g/mol. The molecule has 0 aromatic rings. The van der Waals surface area contributed by atoms with E-state index in [1.54, 1.807) is 0 Å². The summed E-state index contributed by atoms with van der Waals surface area (Å²) in [7, 11) is 0. The van der Waals surface area contributed by atoms with Crippen molar-refractivity contribution in [1.82, 2.24) is 4.90 Å². The number of hydrogen-bond donors (Lipinski definition) is 1. The number of rotatable bonds is 6. The molecule has 1 unspecified atom stereocenters. The van der Waals surface area contributed by atoms with Gasteiger partial charge in [0, 0.05) is 18.7 Å². The molecule has 2 nitrogen and oxygen atoms in total. The average Bonchev–Trinajstić information content (AvgIpc) is 2.33. The van der Waals surface area contributed by atoms with E-state index in [-0.39, 0.29) is 12.0 Å². The molecule has 1 rings (SSSR count). The van der Waals surface area contributed by atoms with Gasteiger partial charge in [0.15, 0.2) is 0 Å². The zero-order valence-corrected chi connectivity index (χ0v) is 11.8. The second kappa shape index (κ2) is 7.29. The van der Waals surface area contributed by atoms with Crippen molar-refractivity contribution in [3.05, 3.63) is 11.6 Å². The van der Waals surface area contributed by atoms with Crippen LogP contribution < -0.4 is 5.73 Å². The summed E-state index contributed by atoms with van der Waals surface area (Å²) >= 11 is 0. The third-order valence-electron chi connectivity index (χ3n) is 3.65. The van der Waals surface area contributed by atoms with Gasteiger partial charge in [-0.05, 0) is 44.2 Å². The number of halogens is 3. The van der Waals surface area contributed by atoms with E-state index in [9.17, 15) is 13.2 Å². The van der Waals surface area contributed by atoms with Gasteiger partial charge in [-0.25, -0.2) is 0 Å².